The number of carbonyl (C=O) groups is 1. The SMILES string of the molecule is CCc1cccc(C)c1NC(=O)CSc1nnc(Cc2c(C)[nH]c(=O)[nH]c2=O)o1. The van der Waals surface area contributed by atoms with Gasteiger partial charge in [-0.15, -0.1) is 10.2 Å². The first-order chi connectivity index (χ1) is 13.9. The van der Waals surface area contributed by atoms with Crippen LogP contribution in [0.4, 0.5) is 5.69 Å². The summed E-state index contributed by atoms with van der Waals surface area (Å²) >= 11 is 1.11. The molecule has 1 amide bonds. The molecular weight excluding hydrogens is 394 g/mol. The van der Waals surface area contributed by atoms with E-state index in [9.17, 15) is 14.4 Å². The molecule has 9 nitrogen and oxygen atoms in total. The van der Waals surface area contributed by atoms with Crippen LogP contribution in [-0.2, 0) is 17.6 Å². The summed E-state index contributed by atoms with van der Waals surface area (Å²) in [5.41, 5.74) is 2.63. The van der Waals surface area contributed by atoms with Gasteiger partial charge in [-0.1, -0.05) is 36.9 Å². The Morgan fingerprint density at radius 1 is 1.21 bits per heavy atom. The van der Waals surface area contributed by atoms with Crippen molar-refractivity contribution in [3.63, 3.8) is 0 Å². The number of carbonyl (C=O) groups excluding carboxylic acids is 1. The Morgan fingerprint density at radius 3 is 2.72 bits per heavy atom. The predicted molar refractivity (Wildman–Crippen MR) is 109 cm³/mol. The molecule has 2 heterocycles. The zero-order chi connectivity index (χ0) is 21.0. The van der Waals surface area contributed by atoms with E-state index >= 15 is 0 Å². The van der Waals surface area contributed by atoms with E-state index in [2.05, 4.69) is 25.5 Å². The number of thioether (sulfide) groups is 1. The zero-order valence-electron chi connectivity index (χ0n) is 16.3. The van der Waals surface area contributed by atoms with Crippen LogP contribution >= 0.6 is 11.8 Å². The van der Waals surface area contributed by atoms with Crippen molar-refractivity contribution in [1.29, 1.82) is 0 Å². The second-order valence-electron chi connectivity index (χ2n) is 6.45. The van der Waals surface area contributed by atoms with E-state index in [1.54, 1.807) is 6.92 Å². The molecule has 0 radical (unpaired) electrons. The molecule has 0 aliphatic carbocycles. The van der Waals surface area contributed by atoms with Gasteiger partial charge in [-0.25, -0.2) is 4.79 Å². The highest BCUT2D eigenvalue weighted by molar-refractivity contribution is 7.99. The molecule has 3 aromatic rings. The third-order valence-electron chi connectivity index (χ3n) is 4.36. The lowest BCUT2D eigenvalue weighted by Gasteiger charge is -2.12. The molecule has 0 bridgehead atoms. The minimum absolute atomic E-state index is 0.0841. The average Bonchev–Trinajstić information content (AvgIpc) is 3.12. The number of anilines is 1. The van der Waals surface area contributed by atoms with Crippen LogP contribution < -0.4 is 16.6 Å². The van der Waals surface area contributed by atoms with Gasteiger partial charge in [0.15, 0.2) is 0 Å². The number of para-hydroxylation sites is 1. The van der Waals surface area contributed by atoms with Gasteiger partial charge in [0, 0.05) is 16.9 Å². The van der Waals surface area contributed by atoms with Crippen LogP contribution in [0.5, 0.6) is 0 Å². The number of aromatic amines is 2. The van der Waals surface area contributed by atoms with Gasteiger partial charge in [0.2, 0.25) is 11.8 Å². The summed E-state index contributed by atoms with van der Waals surface area (Å²) < 4.78 is 5.51. The molecule has 0 spiro atoms. The zero-order valence-corrected chi connectivity index (χ0v) is 17.1. The Morgan fingerprint density at radius 2 is 2.00 bits per heavy atom. The highest BCUT2D eigenvalue weighted by Crippen LogP contribution is 2.22. The maximum Gasteiger partial charge on any atom is 0.325 e. The number of benzene rings is 1. The third-order valence-corrected chi connectivity index (χ3v) is 5.18. The summed E-state index contributed by atoms with van der Waals surface area (Å²) in [4.78, 5) is 40.2. The van der Waals surface area contributed by atoms with E-state index in [4.69, 9.17) is 4.42 Å². The summed E-state index contributed by atoms with van der Waals surface area (Å²) in [7, 11) is 0. The van der Waals surface area contributed by atoms with Crippen LogP contribution in [0, 0.1) is 13.8 Å². The van der Waals surface area contributed by atoms with Crippen molar-refractivity contribution in [2.75, 3.05) is 11.1 Å². The molecule has 0 saturated heterocycles. The number of nitrogens with one attached hydrogen (secondary N) is 3. The lowest BCUT2D eigenvalue weighted by Crippen LogP contribution is -2.27. The number of aryl methyl sites for hydroxylation is 3. The van der Waals surface area contributed by atoms with E-state index in [1.165, 1.54) is 0 Å². The molecule has 2 aromatic heterocycles. The molecule has 0 unspecified atom stereocenters. The Labute approximate surface area is 170 Å². The second-order valence-corrected chi connectivity index (χ2v) is 7.38. The van der Waals surface area contributed by atoms with Gasteiger partial charge in [0.05, 0.1) is 12.2 Å². The second kappa shape index (κ2) is 8.91. The molecule has 0 saturated carbocycles. The van der Waals surface area contributed by atoms with Crippen molar-refractivity contribution in [2.24, 2.45) is 0 Å². The van der Waals surface area contributed by atoms with Crippen molar-refractivity contribution < 1.29 is 9.21 Å². The van der Waals surface area contributed by atoms with Crippen LogP contribution in [0.1, 0.15) is 35.2 Å². The van der Waals surface area contributed by atoms with Gasteiger partial charge in [-0.05, 0) is 31.4 Å². The Kier molecular flexibility index (Phi) is 6.32. The van der Waals surface area contributed by atoms with Crippen LogP contribution in [0.3, 0.4) is 0 Å². The normalized spacial score (nSPS) is 10.9. The quantitative estimate of drug-likeness (QED) is 0.502. The summed E-state index contributed by atoms with van der Waals surface area (Å²) in [5.74, 6) is 0.157. The van der Waals surface area contributed by atoms with Crippen LogP contribution in [0.2, 0.25) is 0 Å². The Hall–Kier alpha value is -3.14. The molecular formula is C19H21N5O4S. The fourth-order valence-corrected chi connectivity index (χ4v) is 3.44. The third kappa shape index (κ3) is 5.02. The van der Waals surface area contributed by atoms with Crippen molar-refractivity contribution in [2.45, 2.75) is 38.8 Å². The first-order valence-electron chi connectivity index (χ1n) is 9.03. The molecule has 3 N–H and O–H groups in total. The molecule has 0 atom stereocenters. The molecule has 0 fully saturated rings. The van der Waals surface area contributed by atoms with E-state index in [1.807, 2.05) is 32.0 Å². The number of hydrogen-bond donors (Lipinski definition) is 3. The van der Waals surface area contributed by atoms with Gasteiger partial charge in [-0.3, -0.25) is 14.6 Å². The molecule has 3 rings (SSSR count). The van der Waals surface area contributed by atoms with E-state index in [0.29, 0.717) is 11.3 Å². The fraction of sp³-hybridized carbons (Fsp3) is 0.316. The predicted octanol–water partition coefficient (Wildman–Crippen LogP) is 1.95. The standard InChI is InChI=1S/C19H21N5O4S/c1-4-12-7-5-6-10(2)16(12)21-14(25)9-29-19-24-23-15(28-19)8-13-11(3)20-18(27)22-17(13)26/h5-7H,4,8-9H2,1-3H3,(H,21,25)(H2,20,22,26,27). The smallest absolute Gasteiger partial charge is 0.325 e. The topological polar surface area (TPSA) is 134 Å². The van der Waals surface area contributed by atoms with E-state index in [0.717, 1.165) is 35.0 Å². The largest absolute Gasteiger partial charge is 0.416 e. The highest BCUT2D eigenvalue weighted by atomic mass is 32.2. The summed E-state index contributed by atoms with van der Waals surface area (Å²) in [5, 5.41) is 11.0. The fourth-order valence-electron chi connectivity index (χ4n) is 2.86. The minimum Gasteiger partial charge on any atom is -0.416 e. The first kappa shape index (κ1) is 20.6. The average molecular weight is 415 g/mol. The van der Waals surface area contributed by atoms with E-state index < -0.39 is 11.2 Å². The molecule has 10 heteroatoms. The highest BCUT2D eigenvalue weighted by Gasteiger charge is 2.15. The van der Waals surface area contributed by atoms with Gasteiger partial charge >= 0.3 is 5.69 Å². The lowest BCUT2D eigenvalue weighted by atomic mass is 10.1. The van der Waals surface area contributed by atoms with Gasteiger partial charge in [-0.2, -0.15) is 0 Å². The first-order valence-corrected chi connectivity index (χ1v) is 10.0. The van der Waals surface area contributed by atoms with Crippen LogP contribution in [0.15, 0.2) is 37.4 Å². The Bertz CT molecular complexity index is 1150. The van der Waals surface area contributed by atoms with Crippen molar-refractivity contribution in [3.8, 4) is 0 Å². The molecule has 0 aliphatic heterocycles. The number of rotatable bonds is 7. The monoisotopic (exact) mass is 415 g/mol. The number of aromatic nitrogens is 4. The molecule has 1 aromatic carbocycles. The number of amides is 1. The lowest BCUT2D eigenvalue weighted by molar-refractivity contribution is -0.113. The number of hydrogen-bond acceptors (Lipinski definition) is 7. The van der Waals surface area contributed by atoms with Gasteiger partial charge < -0.3 is 14.7 Å². The number of H-pyrrole nitrogens is 2. The number of nitrogens with zero attached hydrogens (tertiary/aromatic N) is 2. The summed E-state index contributed by atoms with van der Waals surface area (Å²) in [6.07, 6.45) is 0.904. The minimum atomic E-state index is -0.566. The summed E-state index contributed by atoms with van der Waals surface area (Å²) in [6.45, 7) is 5.61. The van der Waals surface area contributed by atoms with Crippen LogP contribution in [0.25, 0.3) is 0 Å². The van der Waals surface area contributed by atoms with E-state index in [-0.39, 0.29) is 29.2 Å². The molecule has 0 aliphatic rings. The maximum absolute atomic E-state index is 12.3. The Balaban J connectivity index is 1.62. The van der Waals surface area contributed by atoms with Crippen molar-refractivity contribution in [3.05, 3.63) is 67.3 Å². The summed E-state index contributed by atoms with van der Waals surface area (Å²) in [6, 6.07) is 5.90. The van der Waals surface area contributed by atoms with Gasteiger partial charge in [0.1, 0.15) is 0 Å². The van der Waals surface area contributed by atoms with Crippen molar-refractivity contribution >= 4 is 23.4 Å². The van der Waals surface area contributed by atoms with Crippen LogP contribution in [-0.4, -0.2) is 31.8 Å². The molecule has 152 valence electrons. The maximum atomic E-state index is 12.3. The van der Waals surface area contributed by atoms with Crippen molar-refractivity contribution in [1.82, 2.24) is 20.2 Å². The molecule has 29 heavy (non-hydrogen) atoms. The van der Waals surface area contributed by atoms with Gasteiger partial charge in [0.25, 0.3) is 10.8 Å².